The third-order valence-corrected chi connectivity index (χ3v) is 3.28. The molecule has 1 aromatic rings. The van der Waals surface area contributed by atoms with E-state index in [1.807, 2.05) is 0 Å². The van der Waals surface area contributed by atoms with E-state index in [4.69, 9.17) is 11.6 Å². The number of nitrogens with zero attached hydrogens (tertiary/aromatic N) is 2. The zero-order chi connectivity index (χ0) is 11.5. The van der Waals surface area contributed by atoms with Gasteiger partial charge in [0.1, 0.15) is 5.69 Å². The van der Waals surface area contributed by atoms with Crippen molar-refractivity contribution >= 4 is 17.4 Å². The zero-order valence-electron chi connectivity index (χ0n) is 9.37. The molecule has 0 aromatic carbocycles. The van der Waals surface area contributed by atoms with E-state index >= 15 is 0 Å². The highest BCUT2D eigenvalue weighted by Crippen LogP contribution is 2.19. The highest BCUT2D eigenvalue weighted by atomic mass is 35.5. The number of ketones is 1. The molecule has 1 aliphatic heterocycles. The minimum Gasteiger partial charge on any atom is -0.307 e. The molecule has 1 unspecified atom stereocenters. The minimum absolute atomic E-state index is 0.0619. The van der Waals surface area contributed by atoms with Crippen LogP contribution in [0.15, 0.2) is 6.20 Å². The smallest absolute Gasteiger partial charge is 0.199 e. The van der Waals surface area contributed by atoms with E-state index in [1.54, 1.807) is 11.7 Å². The van der Waals surface area contributed by atoms with E-state index in [0.717, 1.165) is 25.8 Å². The van der Waals surface area contributed by atoms with Crippen LogP contribution in [0, 0.1) is 0 Å². The van der Waals surface area contributed by atoms with Crippen LogP contribution in [0.2, 0.25) is 5.02 Å². The summed E-state index contributed by atoms with van der Waals surface area (Å²) in [5.41, 5.74) is 0.515. The number of aromatic nitrogens is 2. The van der Waals surface area contributed by atoms with Gasteiger partial charge in [0.25, 0.3) is 0 Å². The molecule has 1 fully saturated rings. The average molecular weight is 242 g/mol. The van der Waals surface area contributed by atoms with Crippen LogP contribution in [0.4, 0.5) is 0 Å². The van der Waals surface area contributed by atoms with Gasteiger partial charge < -0.3 is 5.32 Å². The van der Waals surface area contributed by atoms with Gasteiger partial charge in [0.2, 0.25) is 0 Å². The monoisotopic (exact) mass is 241 g/mol. The molecule has 4 nitrogen and oxygen atoms in total. The molecule has 1 atom stereocenters. The molecule has 0 amide bonds. The van der Waals surface area contributed by atoms with Crippen LogP contribution in [-0.4, -0.2) is 28.2 Å². The van der Waals surface area contributed by atoms with Gasteiger partial charge >= 0.3 is 0 Å². The second-order valence-electron chi connectivity index (χ2n) is 4.19. The maximum Gasteiger partial charge on any atom is 0.199 e. The molecule has 1 aliphatic rings. The summed E-state index contributed by atoms with van der Waals surface area (Å²) in [6, 6.07) is -0.101. The normalized spacial score (nSPS) is 21.8. The third kappa shape index (κ3) is 2.28. The molecule has 88 valence electrons. The van der Waals surface area contributed by atoms with Crippen molar-refractivity contribution in [2.45, 2.75) is 31.7 Å². The Bertz CT molecular complexity index is 361. The lowest BCUT2D eigenvalue weighted by molar-refractivity contribution is 0.0931. The van der Waals surface area contributed by atoms with Gasteiger partial charge in [0.15, 0.2) is 5.78 Å². The molecule has 5 heteroatoms. The van der Waals surface area contributed by atoms with Crippen LogP contribution < -0.4 is 5.32 Å². The average Bonchev–Trinajstić information content (AvgIpc) is 2.51. The Morgan fingerprint density at radius 1 is 1.56 bits per heavy atom. The van der Waals surface area contributed by atoms with Crippen LogP contribution in [0.25, 0.3) is 0 Å². The highest BCUT2D eigenvalue weighted by molar-refractivity contribution is 6.33. The summed E-state index contributed by atoms with van der Waals surface area (Å²) in [4.78, 5) is 12.2. The van der Waals surface area contributed by atoms with Crippen molar-refractivity contribution in [3.05, 3.63) is 16.9 Å². The Morgan fingerprint density at radius 2 is 2.38 bits per heavy atom. The van der Waals surface area contributed by atoms with E-state index < -0.39 is 0 Å². The number of nitrogens with one attached hydrogen (secondary N) is 1. The zero-order valence-corrected chi connectivity index (χ0v) is 10.1. The molecule has 1 saturated heterocycles. The van der Waals surface area contributed by atoms with Gasteiger partial charge in [-0.25, -0.2) is 0 Å². The number of halogens is 1. The Kier molecular flexibility index (Phi) is 3.61. The standard InChI is InChI=1S/C11H16ClN3O/c1-15-10(8(12)7-14-15)11(16)9-5-3-2-4-6-13-9/h7,9,13H,2-6H2,1H3. The van der Waals surface area contributed by atoms with Crippen LogP contribution in [0.5, 0.6) is 0 Å². The Labute approximate surface area is 100.0 Å². The molecule has 2 heterocycles. The largest absolute Gasteiger partial charge is 0.307 e. The molecular formula is C11H16ClN3O. The molecule has 0 bridgehead atoms. The lowest BCUT2D eigenvalue weighted by Crippen LogP contribution is -2.37. The predicted molar refractivity (Wildman–Crippen MR) is 62.8 cm³/mol. The van der Waals surface area contributed by atoms with Crippen molar-refractivity contribution in [1.82, 2.24) is 15.1 Å². The van der Waals surface area contributed by atoms with Crippen molar-refractivity contribution < 1.29 is 4.79 Å². The second kappa shape index (κ2) is 4.97. The molecule has 0 aliphatic carbocycles. The number of Topliss-reactive ketones (excluding diaryl/α,β-unsaturated/α-hetero) is 1. The van der Waals surface area contributed by atoms with Crippen molar-refractivity contribution in [2.75, 3.05) is 6.54 Å². The van der Waals surface area contributed by atoms with Crippen molar-refractivity contribution in [2.24, 2.45) is 7.05 Å². The first-order valence-corrected chi connectivity index (χ1v) is 6.03. The van der Waals surface area contributed by atoms with Gasteiger partial charge in [-0.3, -0.25) is 9.48 Å². The molecule has 0 saturated carbocycles. The Balaban J connectivity index is 2.17. The molecule has 1 aromatic heterocycles. The number of aryl methyl sites for hydroxylation is 1. The first-order valence-electron chi connectivity index (χ1n) is 5.65. The van der Waals surface area contributed by atoms with Gasteiger partial charge in [-0.2, -0.15) is 5.10 Å². The number of rotatable bonds is 2. The number of hydrogen-bond donors (Lipinski definition) is 1. The number of hydrogen-bond acceptors (Lipinski definition) is 3. The van der Waals surface area contributed by atoms with E-state index in [0.29, 0.717) is 10.7 Å². The maximum absolute atomic E-state index is 12.2. The van der Waals surface area contributed by atoms with Crippen LogP contribution in [0.3, 0.4) is 0 Å². The summed E-state index contributed by atoms with van der Waals surface area (Å²) in [6.07, 6.45) is 5.84. The molecule has 1 N–H and O–H groups in total. The van der Waals surface area contributed by atoms with Gasteiger partial charge in [0.05, 0.1) is 17.3 Å². The summed E-state index contributed by atoms with van der Waals surface area (Å²) in [6.45, 7) is 0.909. The van der Waals surface area contributed by atoms with E-state index in [9.17, 15) is 4.79 Å². The summed E-state index contributed by atoms with van der Waals surface area (Å²) in [7, 11) is 1.75. The van der Waals surface area contributed by atoms with E-state index in [-0.39, 0.29) is 11.8 Å². The number of carbonyl (C=O) groups is 1. The van der Waals surface area contributed by atoms with Crippen LogP contribution >= 0.6 is 11.6 Å². The van der Waals surface area contributed by atoms with E-state index in [2.05, 4.69) is 10.4 Å². The molecular weight excluding hydrogens is 226 g/mol. The lowest BCUT2D eigenvalue weighted by atomic mass is 10.0. The Hall–Kier alpha value is -0.870. The van der Waals surface area contributed by atoms with Crippen LogP contribution in [0.1, 0.15) is 36.2 Å². The van der Waals surface area contributed by atoms with Crippen molar-refractivity contribution in [1.29, 1.82) is 0 Å². The maximum atomic E-state index is 12.2. The highest BCUT2D eigenvalue weighted by Gasteiger charge is 2.25. The first kappa shape index (κ1) is 11.6. The third-order valence-electron chi connectivity index (χ3n) is 3.00. The summed E-state index contributed by atoms with van der Waals surface area (Å²) < 4.78 is 1.55. The molecule has 16 heavy (non-hydrogen) atoms. The quantitative estimate of drug-likeness (QED) is 0.803. The molecule has 0 spiro atoms. The fraction of sp³-hybridized carbons (Fsp3) is 0.636. The van der Waals surface area contributed by atoms with Gasteiger partial charge in [-0.15, -0.1) is 0 Å². The Morgan fingerprint density at radius 3 is 3.06 bits per heavy atom. The van der Waals surface area contributed by atoms with Gasteiger partial charge in [-0.1, -0.05) is 24.4 Å². The summed E-state index contributed by atoms with van der Waals surface area (Å²) in [5.74, 6) is 0.0619. The van der Waals surface area contributed by atoms with Gasteiger partial charge in [-0.05, 0) is 19.4 Å². The summed E-state index contributed by atoms with van der Waals surface area (Å²) >= 11 is 5.97. The fourth-order valence-electron chi connectivity index (χ4n) is 2.11. The topological polar surface area (TPSA) is 46.9 Å². The minimum atomic E-state index is -0.101. The fourth-order valence-corrected chi connectivity index (χ4v) is 2.36. The summed E-state index contributed by atoms with van der Waals surface area (Å²) in [5, 5.41) is 7.71. The first-order chi connectivity index (χ1) is 7.70. The van der Waals surface area contributed by atoms with Crippen molar-refractivity contribution in [3.8, 4) is 0 Å². The van der Waals surface area contributed by atoms with Gasteiger partial charge in [0, 0.05) is 7.05 Å². The molecule has 2 rings (SSSR count). The predicted octanol–water partition coefficient (Wildman–Crippen LogP) is 1.79. The lowest BCUT2D eigenvalue weighted by Gasteiger charge is -2.14. The van der Waals surface area contributed by atoms with Crippen LogP contribution in [-0.2, 0) is 7.05 Å². The molecule has 0 radical (unpaired) electrons. The van der Waals surface area contributed by atoms with E-state index in [1.165, 1.54) is 12.6 Å². The van der Waals surface area contributed by atoms with Crippen molar-refractivity contribution in [3.63, 3.8) is 0 Å². The number of carbonyl (C=O) groups excluding carboxylic acids is 1. The SMILES string of the molecule is Cn1ncc(Cl)c1C(=O)C1CCCCCN1. The second-order valence-corrected chi connectivity index (χ2v) is 4.59.